The third-order valence-electron chi connectivity index (χ3n) is 3.19. The van der Waals surface area contributed by atoms with Crippen molar-refractivity contribution in [3.8, 4) is 11.1 Å². The van der Waals surface area contributed by atoms with Crippen LogP contribution < -0.4 is 5.73 Å². The first-order valence-corrected chi connectivity index (χ1v) is 6.46. The largest absolute Gasteiger partial charge is 0.366 e. The molecule has 3 aromatic heterocycles. The topological polar surface area (TPSA) is 89.0 Å². The van der Waals surface area contributed by atoms with E-state index in [4.69, 9.17) is 12.3 Å². The predicted molar refractivity (Wildman–Crippen MR) is 83.8 cm³/mol. The second-order valence-electron chi connectivity index (χ2n) is 4.62. The number of rotatable bonds is 3. The molecule has 3 aromatic rings. The van der Waals surface area contributed by atoms with Gasteiger partial charge in [-0.25, -0.2) is 4.98 Å². The van der Waals surface area contributed by atoms with Crippen LogP contribution in [-0.2, 0) is 4.79 Å². The van der Waals surface area contributed by atoms with Crippen LogP contribution in [0.1, 0.15) is 5.56 Å². The molecule has 0 radical (unpaired) electrons. The number of hydrogen-bond donors (Lipinski definition) is 2. The van der Waals surface area contributed by atoms with E-state index in [-0.39, 0.29) is 0 Å². The number of nitrogens with two attached hydrogens (primary N) is 1. The summed E-state index contributed by atoms with van der Waals surface area (Å²) in [5, 5.41) is 0.879. The summed E-state index contributed by atoms with van der Waals surface area (Å²) in [6.07, 6.45) is 8.09. The van der Waals surface area contributed by atoms with Gasteiger partial charge in [0.15, 0.2) is 0 Å². The normalized spacial score (nSPS) is 10.9. The fourth-order valence-corrected chi connectivity index (χ4v) is 2.11. The molecule has 0 saturated carbocycles. The van der Waals surface area contributed by atoms with E-state index in [1.807, 2.05) is 12.1 Å². The Morgan fingerprint density at radius 1 is 1.27 bits per heavy atom. The number of pyridine rings is 2. The molecule has 0 aliphatic rings. The number of aromatic nitrogens is 3. The van der Waals surface area contributed by atoms with Gasteiger partial charge in [-0.15, -0.1) is 4.98 Å². The number of carbonyl (C=O) groups is 1. The lowest BCUT2D eigenvalue weighted by Gasteiger charge is -2.00. The van der Waals surface area contributed by atoms with Gasteiger partial charge in [-0.2, -0.15) is 0 Å². The average Bonchev–Trinajstić information content (AvgIpc) is 2.95. The Morgan fingerprint density at radius 2 is 2.09 bits per heavy atom. The van der Waals surface area contributed by atoms with E-state index in [2.05, 4.69) is 19.8 Å². The third-order valence-corrected chi connectivity index (χ3v) is 3.19. The second kappa shape index (κ2) is 5.50. The zero-order valence-corrected chi connectivity index (χ0v) is 11.4. The van der Waals surface area contributed by atoms with Crippen LogP contribution in [0, 0.1) is 6.57 Å². The van der Waals surface area contributed by atoms with E-state index in [0.29, 0.717) is 5.82 Å². The summed E-state index contributed by atoms with van der Waals surface area (Å²) < 4.78 is 0. The molecular weight excluding hydrogens is 278 g/mol. The van der Waals surface area contributed by atoms with Gasteiger partial charge in [-0.05, 0) is 18.2 Å². The fourth-order valence-electron chi connectivity index (χ4n) is 2.11. The van der Waals surface area contributed by atoms with Gasteiger partial charge in [0.1, 0.15) is 11.8 Å². The van der Waals surface area contributed by atoms with Gasteiger partial charge in [0.25, 0.3) is 5.82 Å². The Morgan fingerprint density at radius 3 is 2.77 bits per heavy atom. The molecule has 106 valence electrons. The summed E-state index contributed by atoms with van der Waals surface area (Å²) in [6.45, 7) is 6.92. The van der Waals surface area contributed by atoms with Crippen molar-refractivity contribution in [2.45, 2.75) is 0 Å². The Kier molecular flexibility index (Phi) is 3.38. The highest BCUT2D eigenvalue weighted by Gasteiger charge is 2.07. The SMILES string of the molecule is [C-]#[N+]c1ccc(-c2cnc3[nH]cc(/C=C/C(N)=O)c3c2)cn1. The minimum Gasteiger partial charge on any atom is -0.366 e. The van der Waals surface area contributed by atoms with E-state index in [1.165, 1.54) is 6.08 Å². The smallest absolute Gasteiger partial charge is 0.269 e. The Labute approximate surface area is 126 Å². The molecule has 6 heteroatoms. The van der Waals surface area contributed by atoms with Crippen LogP contribution >= 0.6 is 0 Å². The van der Waals surface area contributed by atoms with Gasteiger partial charge in [-0.3, -0.25) is 4.79 Å². The molecule has 0 atom stereocenters. The van der Waals surface area contributed by atoms with Crippen molar-refractivity contribution in [2.75, 3.05) is 0 Å². The Bertz CT molecular complexity index is 916. The van der Waals surface area contributed by atoms with E-state index in [9.17, 15) is 4.79 Å². The number of nitrogens with one attached hydrogen (secondary N) is 1. The number of fused-ring (bicyclic) bond motifs is 1. The molecule has 0 aliphatic heterocycles. The molecule has 0 spiro atoms. The fraction of sp³-hybridized carbons (Fsp3) is 0. The van der Waals surface area contributed by atoms with E-state index in [1.54, 1.807) is 30.7 Å². The number of hydrogen-bond acceptors (Lipinski definition) is 3. The van der Waals surface area contributed by atoms with Crippen LogP contribution in [0.4, 0.5) is 5.82 Å². The molecule has 0 aromatic carbocycles. The summed E-state index contributed by atoms with van der Waals surface area (Å²) in [5.74, 6) is -0.151. The molecule has 0 fully saturated rings. The predicted octanol–water partition coefficient (Wildman–Crippen LogP) is 2.67. The lowest BCUT2D eigenvalue weighted by molar-refractivity contribution is -0.113. The maximum Gasteiger partial charge on any atom is 0.269 e. The first kappa shape index (κ1) is 13.5. The molecular formula is C16H11N5O. The van der Waals surface area contributed by atoms with Crippen molar-refractivity contribution >= 4 is 28.8 Å². The third kappa shape index (κ3) is 2.55. The van der Waals surface area contributed by atoms with Crippen molar-refractivity contribution in [1.82, 2.24) is 15.0 Å². The number of nitrogens with zero attached hydrogens (tertiary/aromatic N) is 3. The van der Waals surface area contributed by atoms with Crippen LogP contribution in [0.15, 0.2) is 42.9 Å². The minimum absolute atomic E-state index is 0.351. The maximum atomic E-state index is 10.9. The molecule has 6 nitrogen and oxygen atoms in total. The summed E-state index contributed by atoms with van der Waals surface area (Å²) in [7, 11) is 0. The molecule has 3 heterocycles. The number of aromatic amines is 1. The highest BCUT2D eigenvalue weighted by atomic mass is 16.1. The molecule has 3 rings (SSSR count). The first-order chi connectivity index (χ1) is 10.7. The summed E-state index contributed by atoms with van der Waals surface area (Å²) in [5.41, 5.74) is 8.41. The standard InChI is InChI=1S/C16H11N5O/c1-18-15-5-3-10(7-19-15)12-6-13-11(2-4-14(17)22)8-20-16(13)21-9-12/h2-9H,(H2,17,22)(H,20,21)/b4-2+. The quantitative estimate of drug-likeness (QED) is 0.574. The number of amides is 1. The number of primary amides is 1. The second-order valence-corrected chi connectivity index (χ2v) is 4.62. The van der Waals surface area contributed by atoms with Crippen molar-refractivity contribution in [2.24, 2.45) is 5.73 Å². The molecule has 0 saturated heterocycles. The Balaban J connectivity index is 2.06. The van der Waals surface area contributed by atoms with Gasteiger partial charge >= 0.3 is 0 Å². The Hall–Kier alpha value is -3.46. The van der Waals surface area contributed by atoms with Crippen molar-refractivity contribution < 1.29 is 4.79 Å². The first-order valence-electron chi connectivity index (χ1n) is 6.46. The van der Waals surface area contributed by atoms with Gasteiger partial charge in [-0.1, -0.05) is 12.6 Å². The summed E-state index contributed by atoms with van der Waals surface area (Å²) >= 11 is 0. The van der Waals surface area contributed by atoms with Gasteiger partial charge in [0, 0.05) is 40.5 Å². The van der Waals surface area contributed by atoms with Crippen LogP contribution in [0.3, 0.4) is 0 Å². The minimum atomic E-state index is -0.502. The van der Waals surface area contributed by atoms with Crippen LogP contribution in [0.2, 0.25) is 0 Å². The molecule has 0 unspecified atom stereocenters. The zero-order chi connectivity index (χ0) is 15.5. The summed E-state index contributed by atoms with van der Waals surface area (Å²) in [4.78, 5) is 25.6. The monoisotopic (exact) mass is 289 g/mol. The molecule has 0 aliphatic carbocycles. The highest BCUT2D eigenvalue weighted by Crippen LogP contribution is 2.25. The van der Waals surface area contributed by atoms with Crippen LogP contribution in [0.5, 0.6) is 0 Å². The molecule has 1 amide bonds. The van der Waals surface area contributed by atoms with E-state index < -0.39 is 5.91 Å². The van der Waals surface area contributed by atoms with E-state index >= 15 is 0 Å². The highest BCUT2D eigenvalue weighted by molar-refractivity contribution is 5.95. The van der Waals surface area contributed by atoms with Crippen LogP contribution in [0.25, 0.3) is 33.1 Å². The summed E-state index contributed by atoms with van der Waals surface area (Å²) in [6, 6.07) is 5.44. The molecule has 22 heavy (non-hydrogen) atoms. The van der Waals surface area contributed by atoms with Gasteiger partial charge in [0.05, 0.1) is 0 Å². The van der Waals surface area contributed by atoms with Gasteiger partial charge < -0.3 is 15.6 Å². The van der Waals surface area contributed by atoms with Crippen LogP contribution in [-0.4, -0.2) is 20.9 Å². The molecule has 0 bridgehead atoms. The van der Waals surface area contributed by atoms with Gasteiger partial charge in [0.2, 0.25) is 5.91 Å². The van der Waals surface area contributed by atoms with Crippen molar-refractivity contribution in [1.29, 1.82) is 0 Å². The van der Waals surface area contributed by atoms with Crippen molar-refractivity contribution in [3.63, 3.8) is 0 Å². The average molecular weight is 289 g/mol. The maximum absolute atomic E-state index is 10.9. The van der Waals surface area contributed by atoms with Crippen molar-refractivity contribution in [3.05, 3.63) is 59.8 Å². The van der Waals surface area contributed by atoms with E-state index in [0.717, 1.165) is 27.7 Å². The lowest BCUT2D eigenvalue weighted by Crippen LogP contribution is -2.04. The molecule has 3 N–H and O–H groups in total. The zero-order valence-electron chi connectivity index (χ0n) is 11.4. The number of H-pyrrole nitrogens is 1. The lowest BCUT2D eigenvalue weighted by atomic mass is 10.1. The number of carbonyl (C=O) groups excluding carboxylic acids is 1.